The maximum absolute atomic E-state index is 12.6. The average Bonchev–Trinajstić information content (AvgIpc) is 2.27. The van der Waals surface area contributed by atoms with Gasteiger partial charge in [0.2, 0.25) is 0 Å². The van der Waals surface area contributed by atoms with Crippen LogP contribution in [0.5, 0.6) is 0 Å². The van der Waals surface area contributed by atoms with Gasteiger partial charge in [-0.3, -0.25) is 0 Å². The predicted octanol–water partition coefficient (Wildman–Crippen LogP) is 1.74. The monoisotopic (exact) mass is 248 g/mol. The molecule has 0 bridgehead atoms. The van der Waals surface area contributed by atoms with Gasteiger partial charge < -0.3 is 10.5 Å². The fourth-order valence-corrected chi connectivity index (χ4v) is 1.20. The lowest BCUT2D eigenvalue weighted by Gasteiger charge is -2.12. The molecule has 0 aliphatic carbocycles. The number of nitrogens with zero attached hydrogens (tertiary/aromatic N) is 1. The van der Waals surface area contributed by atoms with Crippen LogP contribution in [0.1, 0.15) is 28.7 Å². The number of alkyl halides is 3. The second-order valence-corrected chi connectivity index (χ2v) is 3.12. The molecule has 0 aliphatic heterocycles. The highest BCUT2D eigenvalue weighted by Gasteiger charge is 2.36. The van der Waals surface area contributed by atoms with E-state index in [1.807, 2.05) is 0 Å². The zero-order valence-electron chi connectivity index (χ0n) is 9.04. The Morgan fingerprint density at radius 1 is 1.47 bits per heavy atom. The lowest BCUT2D eigenvalue weighted by molar-refractivity contribution is -0.138. The van der Waals surface area contributed by atoms with Crippen LogP contribution in [0.25, 0.3) is 0 Å². The van der Waals surface area contributed by atoms with E-state index in [1.54, 1.807) is 0 Å². The molecule has 2 N–H and O–H groups in total. The van der Waals surface area contributed by atoms with Crippen LogP contribution in [0.3, 0.4) is 0 Å². The molecule has 0 atom stereocenters. The van der Waals surface area contributed by atoms with Gasteiger partial charge in [0.05, 0.1) is 17.9 Å². The van der Waals surface area contributed by atoms with Crippen LogP contribution in [-0.2, 0) is 17.5 Å². The third-order valence-corrected chi connectivity index (χ3v) is 1.94. The minimum absolute atomic E-state index is 0.0232. The van der Waals surface area contributed by atoms with E-state index >= 15 is 0 Å². The largest absolute Gasteiger partial charge is 0.461 e. The number of halogens is 3. The fourth-order valence-electron chi connectivity index (χ4n) is 1.20. The van der Waals surface area contributed by atoms with Gasteiger partial charge in [0.15, 0.2) is 5.69 Å². The van der Waals surface area contributed by atoms with Crippen molar-refractivity contribution >= 4 is 5.97 Å². The molecule has 0 amide bonds. The predicted molar refractivity (Wildman–Crippen MR) is 53.1 cm³/mol. The molecule has 0 saturated carbocycles. The molecule has 0 fully saturated rings. The molecule has 17 heavy (non-hydrogen) atoms. The quantitative estimate of drug-likeness (QED) is 0.827. The molecule has 0 radical (unpaired) electrons. The minimum Gasteiger partial charge on any atom is -0.461 e. The van der Waals surface area contributed by atoms with Crippen LogP contribution in [0, 0.1) is 0 Å². The summed E-state index contributed by atoms with van der Waals surface area (Å²) in [7, 11) is 0. The molecule has 94 valence electrons. The van der Waals surface area contributed by atoms with E-state index in [9.17, 15) is 18.0 Å². The standard InChI is InChI=1S/C10H11F3N2O2/c1-2-17-9(16)8-7(10(11,12)13)4-3-6(5-14)15-8/h3-4H,2,5,14H2,1H3. The molecule has 1 heterocycles. The van der Waals surface area contributed by atoms with Crippen molar-refractivity contribution in [2.45, 2.75) is 19.6 Å². The van der Waals surface area contributed by atoms with Crippen molar-refractivity contribution in [3.63, 3.8) is 0 Å². The van der Waals surface area contributed by atoms with E-state index in [0.717, 1.165) is 12.1 Å². The van der Waals surface area contributed by atoms with E-state index in [1.165, 1.54) is 6.92 Å². The third-order valence-electron chi connectivity index (χ3n) is 1.94. The normalized spacial score (nSPS) is 11.4. The van der Waals surface area contributed by atoms with Crippen molar-refractivity contribution in [3.05, 3.63) is 29.1 Å². The molecular formula is C10H11F3N2O2. The average molecular weight is 248 g/mol. The molecule has 1 aromatic rings. The minimum atomic E-state index is -4.65. The lowest BCUT2D eigenvalue weighted by atomic mass is 10.1. The Bertz CT molecular complexity index is 419. The number of aromatic nitrogens is 1. The highest BCUT2D eigenvalue weighted by atomic mass is 19.4. The van der Waals surface area contributed by atoms with Gasteiger partial charge in [0.25, 0.3) is 0 Å². The smallest absolute Gasteiger partial charge is 0.418 e. The van der Waals surface area contributed by atoms with Crippen molar-refractivity contribution < 1.29 is 22.7 Å². The number of carbonyl (C=O) groups excluding carboxylic acids is 1. The molecule has 0 unspecified atom stereocenters. The topological polar surface area (TPSA) is 65.2 Å². The zero-order chi connectivity index (χ0) is 13.1. The number of hydrogen-bond acceptors (Lipinski definition) is 4. The number of nitrogens with two attached hydrogens (primary N) is 1. The van der Waals surface area contributed by atoms with Crippen LogP contribution in [0.4, 0.5) is 13.2 Å². The summed E-state index contributed by atoms with van der Waals surface area (Å²) in [5, 5.41) is 0. The van der Waals surface area contributed by atoms with Crippen molar-refractivity contribution in [1.29, 1.82) is 0 Å². The van der Waals surface area contributed by atoms with Gasteiger partial charge in [-0.2, -0.15) is 13.2 Å². The molecule has 7 heteroatoms. The summed E-state index contributed by atoms with van der Waals surface area (Å²) in [5.74, 6) is -1.10. The van der Waals surface area contributed by atoms with Crippen LogP contribution < -0.4 is 5.73 Å². The molecule has 4 nitrogen and oxygen atoms in total. The summed E-state index contributed by atoms with van der Waals surface area (Å²) in [5.41, 5.74) is 3.59. The van der Waals surface area contributed by atoms with Gasteiger partial charge in [0, 0.05) is 6.54 Å². The Balaban J connectivity index is 3.26. The van der Waals surface area contributed by atoms with Gasteiger partial charge in [0.1, 0.15) is 0 Å². The van der Waals surface area contributed by atoms with E-state index in [4.69, 9.17) is 5.73 Å². The van der Waals surface area contributed by atoms with E-state index in [-0.39, 0.29) is 18.8 Å². The molecule has 1 aromatic heterocycles. The first-order valence-corrected chi connectivity index (χ1v) is 4.84. The van der Waals surface area contributed by atoms with Crippen LogP contribution in [0.2, 0.25) is 0 Å². The number of pyridine rings is 1. The Morgan fingerprint density at radius 3 is 2.59 bits per heavy atom. The SMILES string of the molecule is CCOC(=O)c1nc(CN)ccc1C(F)(F)F. The van der Waals surface area contributed by atoms with E-state index in [0.29, 0.717) is 0 Å². The van der Waals surface area contributed by atoms with Gasteiger partial charge in [-0.15, -0.1) is 0 Å². The van der Waals surface area contributed by atoms with Gasteiger partial charge in [-0.25, -0.2) is 9.78 Å². The number of hydrogen-bond donors (Lipinski definition) is 1. The number of carbonyl (C=O) groups is 1. The van der Waals surface area contributed by atoms with Crippen LogP contribution in [0.15, 0.2) is 12.1 Å². The van der Waals surface area contributed by atoms with Gasteiger partial charge >= 0.3 is 12.1 Å². The maximum atomic E-state index is 12.6. The third kappa shape index (κ3) is 3.16. The fraction of sp³-hybridized carbons (Fsp3) is 0.400. The van der Waals surface area contributed by atoms with E-state index < -0.39 is 23.4 Å². The Morgan fingerprint density at radius 2 is 2.12 bits per heavy atom. The van der Waals surface area contributed by atoms with Crippen LogP contribution in [-0.4, -0.2) is 17.6 Å². The first kappa shape index (κ1) is 13.4. The number of rotatable bonds is 3. The Labute approximate surface area is 95.6 Å². The first-order chi connectivity index (χ1) is 7.90. The molecule has 0 spiro atoms. The Hall–Kier alpha value is -1.63. The molecular weight excluding hydrogens is 237 g/mol. The summed E-state index contributed by atoms with van der Waals surface area (Å²) >= 11 is 0. The lowest BCUT2D eigenvalue weighted by Crippen LogP contribution is -2.18. The van der Waals surface area contributed by atoms with Crippen molar-refractivity contribution in [1.82, 2.24) is 4.98 Å². The van der Waals surface area contributed by atoms with Crippen molar-refractivity contribution in [2.24, 2.45) is 5.73 Å². The highest BCUT2D eigenvalue weighted by molar-refractivity contribution is 5.89. The Kier molecular flexibility index (Phi) is 4.06. The van der Waals surface area contributed by atoms with Crippen LogP contribution >= 0.6 is 0 Å². The van der Waals surface area contributed by atoms with Crippen molar-refractivity contribution in [3.8, 4) is 0 Å². The van der Waals surface area contributed by atoms with Gasteiger partial charge in [-0.1, -0.05) is 0 Å². The molecule has 1 rings (SSSR count). The summed E-state index contributed by atoms with van der Waals surface area (Å²) < 4.78 is 42.3. The summed E-state index contributed by atoms with van der Waals surface area (Å²) in [6.07, 6.45) is -4.65. The molecule has 0 aliphatic rings. The first-order valence-electron chi connectivity index (χ1n) is 4.84. The maximum Gasteiger partial charge on any atom is 0.418 e. The zero-order valence-corrected chi connectivity index (χ0v) is 9.04. The number of esters is 1. The molecule has 0 aromatic carbocycles. The molecule has 0 saturated heterocycles. The number of ether oxygens (including phenoxy) is 1. The summed E-state index contributed by atoms with van der Waals surface area (Å²) in [6.45, 7) is 1.42. The second-order valence-electron chi connectivity index (χ2n) is 3.12. The summed E-state index contributed by atoms with van der Waals surface area (Å²) in [4.78, 5) is 14.9. The van der Waals surface area contributed by atoms with E-state index in [2.05, 4.69) is 9.72 Å². The second kappa shape index (κ2) is 5.13. The summed E-state index contributed by atoms with van der Waals surface area (Å²) in [6, 6.07) is 1.91. The highest BCUT2D eigenvalue weighted by Crippen LogP contribution is 2.31. The van der Waals surface area contributed by atoms with Gasteiger partial charge in [-0.05, 0) is 19.1 Å². The van der Waals surface area contributed by atoms with Crippen molar-refractivity contribution in [2.75, 3.05) is 6.61 Å².